The molecule has 0 heterocycles. The largest absolute Gasteiger partial charge is 0.359 e. The van der Waals surface area contributed by atoms with Crippen molar-refractivity contribution in [1.29, 1.82) is 0 Å². The summed E-state index contributed by atoms with van der Waals surface area (Å²) >= 11 is 4.98. The maximum Gasteiger partial charge on any atom is 0.223 e. The van der Waals surface area contributed by atoms with Crippen molar-refractivity contribution < 1.29 is 5.10 Å². The van der Waals surface area contributed by atoms with Crippen molar-refractivity contribution >= 4 is 23.5 Å². The van der Waals surface area contributed by atoms with Gasteiger partial charge in [-0.25, -0.2) is 0 Å². The van der Waals surface area contributed by atoms with Gasteiger partial charge in [-0.3, -0.25) is 0 Å². The Kier molecular flexibility index (Phi) is 4.77. The monoisotopic (exact) mass is 222 g/mol. The normalized spacial score (nSPS) is 10.3. The molecule has 0 unspecified atom stereocenters. The van der Waals surface area contributed by atoms with Crippen LogP contribution in [0, 0.1) is 6.92 Å². The Labute approximate surface area is 95.6 Å². The first kappa shape index (κ1) is 11.7. The third-order valence-corrected chi connectivity index (χ3v) is 2.09. The van der Waals surface area contributed by atoms with Crippen LogP contribution in [0.2, 0.25) is 0 Å². The Hall–Kier alpha value is -1.42. The number of thiocarbonyl (C=S) groups is 1. The highest BCUT2D eigenvalue weighted by Crippen LogP contribution is 1.98. The first-order chi connectivity index (χ1) is 7.22. The van der Waals surface area contributed by atoms with Gasteiger partial charge in [-0.05, 0) is 38.2 Å². The molecule has 1 aromatic carbocycles. The topological polar surface area (TPSA) is 38.0 Å². The zero-order valence-electron chi connectivity index (χ0n) is 9.00. The highest BCUT2D eigenvalue weighted by atomic mass is 32.1. The van der Waals surface area contributed by atoms with Crippen LogP contribution in [0.1, 0.15) is 18.1 Å². The molecule has 0 aromatic heterocycles. The second-order valence-electron chi connectivity index (χ2n) is 3.18. The van der Waals surface area contributed by atoms with Crippen molar-refractivity contribution in [3.05, 3.63) is 35.4 Å². The minimum atomic E-state index is 0.598. The van der Waals surface area contributed by atoms with Crippen molar-refractivity contribution in [3.8, 4) is 0 Å². The van der Waals surface area contributed by atoms with Gasteiger partial charge in [0.25, 0.3) is 0 Å². The molecule has 3 nitrogen and oxygen atoms in total. The zero-order valence-corrected chi connectivity index (χ0v) is 9.82. The van der Waals surface area contributed by atoms with Crippen LogP contribution in [-0.4, -0.2) is 17.9 Å². The number of nitrogens with one attached hydrogen (secondary N) is 3. The molecule has 4 heteroatoms. The molecule has 0 bridgehead atoms. The second-order valence-corrected chi connectivity index (χ2v) is 3.59. The maximum absolute atomic E-state index is 4.98. The smallest absolute Gasteiger partial charge is 0.223 e. The van der Waals surface area contributed by atoms with Crippen LogP contribution in [0.25, 0.3) is 0 Å². The van der Waals surface area contributed by atoms with Gasteiger partial charge in [-0.1, -0.05) is 17.7 Å². The molecule has 1 rings (SSSR count). The van der Waals surface area contributed by atoms with Crippen molar-refractivity contribution in [3.63, 3.8) is 0 Å². The molecule has 3 N–H and O–H groups in total. The van der Waals surface area contributed by atoms with Gasteiger partial charge in [0, 0.05) is 12.1 Å². The second kappa shape index (κ2) is 6.14. The van der Waals surface area contributed by atoms with E-state index < -0.39 is 0 Å². The summed E-state index contributed by atoms with van der Waals surface area (Å²) in [5.41, 5.74) is 5.22. The van der Waals surface area contributed by atoms with Gasteiger partial charge in [0.2, 0.25) is 5.11 Å². The Bertz CT molecular complexity index is 343. The zero-order chi connectivity index (χ0) is 11.1. The molecule has 0 fully saturated rings. The highest BCUT2D eigenvalue weighted by Gasteiger charge is 1.93. The fourth-order valence-electron chi connectivity index (χ4n) is 1.05. The Morgan fingerprint density at radius 1 is 1.40 bits per heavy atom. The van der Waals surface area contributed by atoms with Crippen molar-refractivity contribution in [1.82, 2.24) is 10.7 Å². The number of benzene rings is 1. The quantitative estimate of drug-likeness (QED) is 0.380. The molecular formula is C11H16N3S+. The average molecular weight is 222 g/mol. The first-order valence-electron chi connectivity index (χ1n) is 4.91. The van der Waals surface area contributed by atoms with Gasteiger partial charge in [-0.15, -0.1) is 10.5 Å². The van der Waals surface area contributed by atoms with E-state index in [9.17, 15) is 0 Å². The summed E-state index contributed by atoms with van der Waals surface area (Å²) < 4.78 is 0. The van der Waals surface area contributed by atoms with E-state index in [0.29, 0.717) is 5.11 Å². The number of hydrogen-bond acceptors (Lipinski definition) is 1. The molecule has 0 radical (unpaired) electrons. The van der Waals surface area contributed by atoms with Gasteiger partial charge >= 0.3 is 0 Å². The van der Waals surface area contributed by atoms with Crippen molar-refractivity contribution in [2.24, 2.45) is 0 Å². The van der Waals surface area contributed by atoms with Gasteiger partial charge < -0.3 is 5.32 Å². The Balaban J connectivity index is 2.44. The van der Waals surface area contributed by atoms with Crippen LogP contribution >= 0.6 is 12.2 Å². The van der Waals surface area contributed by atoms with Gasteiger partial charge in [0.15, 0.2) is 6.21 Å². The summed E-state index contributed by atoms with van der Waals surface area (Å²) in [6, 6.07) is 8.22. The van der Waals surface area contributed by atoms with E-state index in [2.05, 4.69) is 34.9 Å². The molecule has 0 aliphatic carbocycles. The molecule has 80 valence electrons. The maximum atomic E-state index is 4.98. The molecule has 0 spiro atoms. The summed E-state index contributed by atoms with van der Waals surface area (Å²) in [7, 11) is 0. The summed E-state index contributed by atoms with van der Waals surface area (Å²) in [4.78, 5) is 0. The van der Waals surface area contributed by atoms with Gasteiger partial charge in [-0.2, -0.15) is 0 Å². The van der Waals surface area contributed by atoms with E-state index in [4.69, 9.17) is 12.2 Å². The van der Waals surface area contributed by atoms with E-state index in [1.807, 2.05) is 25.3 Å². The van der Waals surface area contributed by atoms with Gasteiger partial charge in [0.05, 0.1) is 0 Å². The number of rotatable bonds is 3. The molecule has 15 heavy (non-hydrogen) atoms. The Morgan fingerprint density at radius 3 is 2.67 bits per heavy atom. The van der Waals surface area contributed by atoms with E-state index in [0.717, 1.165) is 12.1 Å². The summed E-state index contributed by atoms with van der Waals surface area (Å²) in [6.07, 6.45) is 1.86. The van der Waals surface area contributed by atoms with E-state index >= 15 is 0 Å². The first-order valence-corrected chi connectivity index (χ1v) is 5.32. The Morgan fingerprint density at radius 2 is 2.07 bits per heavy atom. The summed E-state index contributed by atoms with van der Waals surface area (Å²) in [5.74, 6) is 0. The fourth-order valence-corrected chi connectivity index (χ4v) is 1.26. The molecule has 0 atom stereocenters. The van der Waals surface area contributed by atoms with Crippen LogP contribution in [-0.2, 0) is 0 Å². The molecule has 1 aromatic rings. The van der Waals surface area contributed by atoms with Crippen LogP contribution in [0.4, 0.5) is 0 Å². The molecule has 0 saturated heterocycles. The van der Waals surface area contributed by atoms with Gasteiger partial charge in [0.1, 0.15) is 0 Å². The molecule has 0 aliphatic heterocycles. The molecule has 0 saturated carbocycles. The number of hydrazine groups is 1. The number of aryl methyl sites for hydroxylation is 1. The lowest BCUT2D eigenvalue weighted by Crippen LogP contribution is -2.82. The average Bonchev–Trinajstić information content (AvgIpc) is 2.21. The van der Waals surface area contributed by atoms with Crippen molar-refractivity contribution in [2.45, 2.75) is 13.8 Å². The third-order valence-electron chi connectivity index (χ3n) is 1.84. The van der Waals surface area contributed by atoms with Crippen LogP contribution in [0.5, 0.6) is 0 Å². The lowest BCUT2D eigenvalue weighted by Gasteiger charge is -1.98. The van der Waals surface area contributed by atoms with Crippen LogP contribution < -0.4 is 15.8 Å². The number of hydrazone groups is 1. The lowest BCUT2D eigenvalue weighted by molar-refractivity contribution is -0.500. The standard InChI is InChI=1S/C11H15N3S/c1-3-12-11(15)14-13-8-10-6-4-9(2)5-7-10/h4-8H,3H2,1-2H3,(H2,12,14,15)/p+1. The number of hydrogen-bond donors (Lipinski definition) is 3. The summed E-state index contributed by atoms with van der Waals surface area (Å²) in [6.45, 7) is 4.88. The highest BCUT2D eigenvalue weighted by molar-refractivity contribution is 7.80. The van der Waals surface area contributed by atoms with E-state index in [-0.39, 0.29) is 0 Å². The fraction of sp³-hybridized carbons (Fsp3) is 0.273. The minimum absolute atomic E-state index is 0.598. The van der Waals surface area contributed by atoms with Crippen LogP contribution in [0.15, 0.2) is 24.3 Å². The minimum Gasteiger partial charge on any atom is -0.359 e. The molecule has 0 aliphatic rings. The molecular weight excluding hydrogens is 206 g/mol. The summed E-state index contributed by atoms with van der Waals surface area (Å²) in [5, 5.41) is 6.50. The van der Waals surface area contributed by atoms with Crippen molar-refractivity contribution in [2.75, 3.05) is 6.54 Å². The van der Waals surface area contributed by atoms with Crippen LogP contribution in [0.3, 0.4) is 0 Å². The predicted octanol–water partition coefficient (Wildman–Crippen LogP) is -0.106. The lowest BCUT2D eigenvalue weighted by atomic mass is 10.2. The van der Waals surface area contributed by atoms with E-state index in [1.165, 1.54) is 5.56 Å². The third kappa shape index (κ3) is 4.56. The van der Waals surface area contributed by atoms with E-state index in [1.54, 1.807) is 0 Å². The SMILES string of the molecule is CCNC(=S)N[NH+]=Cc1ccc(C)cc1. The predicted molar refractivity (Wildman–Crippen MR) is 66.7 cm³/mol. The molecule has 0 amide bonds.